The summed E-state index contributed by atoms with van der Waals surface area (Å²) in [7, 11) is 1.95. The summed E-state index contributed by atoms with van der Waals surface area (Å²) in [5, 5.41) is 13.5. The maximum atomic E-state index is 13.5. The van der Waals surface area contributed by atoms with E-state index in [0.717, 1.165) is 10.6 Å². The van der Waals surface area contributed by atoms with Crippen LogP contribution in [-0.4, -0.2) is 41.9 Å². The van der Waals surface area contributed by atoms with Crippen molar-refractivity contribution in [2.24, 2.45) is 0 Å². The Morgan fingerprint density at radius 2 is 1.82 bits per heavy atom. The van der Waals surface area contributed by atoms with Gasteiger partial charge in [0.1, 0.15) is 29.6 Å². The van der Waals surface area contributed by atoms with Crippen LogP contribution in [0.25, 0.3) is 5.76 Å². The van der Waals surface area contributed by atoms with Gasteiger partial charge in [0.05, 0.1) is 30.4 Å². The molecule has 0 aliphatic carbocycles. The number of nitrogens with zero attached hydrogens (tertiary/aromatic N) is 2. The van der Waals surface area contributed by atoms with E-state index in [9.17, 15) is 14.7 Å². The number of carbonyl (C=O) groups is 2. The lowest BCUT2D eigenvalue weighted by Gasteiger charge is -2.28. The summed E-state index contributed by atoms with van der Waals surface area (Å²) in [6.45, 7) is 1.52. The zero-order valence-corrected chi connectivity index (χ0v) is 22.1. The maximum Gasteiger partial charge on any atom is 0.295 e. The molecule has 1 N–H and O–H groups in total. The van der Waals surface area contributed by atoms with Crippen LogP contribution in [0.1, 0.15) is 22.0 Å². The molecule has 0 saturated carbocycles. The number of fused-ring (bicyclic) bond motifs is 1. The van der Waals surface area contributed by atoms with Crippen molar-refractivity contribution in [1.29, 1.82) is 0 Å². The predicted octanol–water partition coefficient (Wildman–Crippen LogP) is 5.99. The number of thiophene rings is 1. The molecule has 8 heteroatoms. The van der Waals surface area contributed by atoms with E-state index in [2.05, 4.69) is 0 Å². The summed E-state index contributed by atoms with van der Waals surface area (Å²) in [5.74, 6) is 0.355. The Balaban J connectivity index is 1.46. The Morgan fingerprint density at radius 1 is 1.00 bits per heavy atom. The Hall–Kier alpha value is -4.56. The first-order chi connectivity index (χ1) is 19.0. The zero-order chi connectivity index (χ0) is 26.9. The number of ether oxygens (including phenoxy) is 2. The van der Waals surface area contributed by atoms with Gasteiger partial charge in [0.25, 0.3) is 11.7 Å². The molecule has 1 saturated heterocycles. The molecule has 2 aliphatic heterocycles. The molecule has 1 unspecified atom stereocenters. The number of hydrogen-bond acceptors (Lipinski definition) is 7. The number of para-hydroxylation sites is 1. The number of likely N-dealkylation sites (N-methyl/N-ethyl adjacent to an activating group) is 1. The van der Waals surface area contributed by atoms with Crippen LogP contribution in [0.2, 0.25) is 0 Å². The molecule has 4 aromatic rings. The molecule has 39 heavy (non-hydrogen) atoms. The van der Waals surface area contributed by atoms with Crippen molar-refractivity contribution in [3.8, 4) is 17.2 Å². The molecule has 0 bridgehead atoms. The second-order valence-corrected chi connectivity index (χ2v) is 10.5. The van der Waals surface area contributed by atoms with Crippen molar-refractivity contribution in [2.45, 2.75) is 12.6 Å². The van der Waals surface area contributed by atoms with Crippen LogP contribution in [0, 0.1) is 0 Å². The molecule has 1 aromatic heterocycles. The summed E-state index contributed by atoms with van der Waals surface area (Å²) < 4.78 is 11.8. The molecular weight excluding hydrogens is 512 g/mol. The first-order valence-corrected chi connectivity index (χ1v) is 13.5. The molecule has 196 valence electrons. The van der Waals surface area contributed by atoms with E-state index in [1.165, 1.54) is 16.2 Å². The van der Waals surface area contributed by atoms with Gasteiger partial charge in [-0.1, -0.05) is 36.4 Å². The van der Waals surface area contributed by atoms with Crippen LogP contribution >= 0.6 is 11.3 Å². The van der Waals surface area contributed by atoms with Crippen LogP contribution in [0.15, 0.2) is 95.9 Å². The fourth-order valence-electron chi connectivity index (χ4n) is 4.99. The minimum Gasteiger partial charge on any atom is -0.507 e. The number of ketones is 1. The summed E-state index contributed by atoms with van der Waals surface area (Å²) >= 11 is 1.51. The van der Waals surface area contributed by atoms with E-state index in [0.29, 0.717) is 41.5 Å². The molecule has 3 aromatic carbocycles. The number of rotatable bonds is 6. The number of amides is 1. The van der Waals surface area contributed by atoms with Crippen LogP contribution in [0.5, 0.6) is 17.2 Å². The molecule has 1 fully saturated rings. The van der Waals surface area contributed by atoms with Crippen molar-refractivity contribution in [2.75, 3.05) is 25.1 Å². The van der Waals surface area contributed by atoms with Crippen LogP contribution in [-0.2, 0) is 16.1 Å². The number of benzene rings is 3. The van der Waals surface area contributed by atoms with Crippen LogP contribution < -0.4 is 14.4 Å². The fourth-order valence-corrected chi connectivity index (χ4v) is 5.69. The van der Waals surface area contributed by atoms with Gasteiger partial charge in [-0.3, -0.25) is 9.59 Å². The average molecular weight is 539 g/mol. The third-order valence-corrected chi connectivity index (χ3v) is 7.79. The second-order valence-electron chi connectivity index (χ2n) is 9.45. The highest BCUT2D eigenvalue weighted by molar-refractivity contribution is 7.09. The van der Waals surface area contributed by atoms with Gasteiger partial charge in [0, 0.05) is 17.5 Å². The monoisotopic (exact) mass is 538 g/mol. The van der Waals surface area contributed by atoms with Crippen molar-refractivity contribution >= 4 is 34.5 Å². The normalized spacial score (nSPS) is 18.1. The number of carbonyl (C=O) groups excluding carboxylic acids is 2. The molecule has 6 rings (SSSR count). The van der Waals surface area contributed by atoms with Gasteiger partial charge in [-0.25, -0.2) is 0 Å². The van der Waals surface area contributed by atoms with Gasteiger partial charge >= 0.3 is 0 Å². The lowest BCUT2D eigenvalue weighted by atomic mass is 9.94. The Morgan fingerprint density at radius 3 is 2.62 bits per heavy atom. The van der Waals surface area contributed by atoms with Gasteiger partial charge in [0.2, 0.25) is 0 Å². The third-order valence-electron chi connectivity index (χ3n) is 6.93. The van der Waals surface area contributed by atoms with Crippen molar-refractivity contribution < 1.29 is 24.2 Å². The summed E-state index contributed by atoms with van der Waals surface area (Å²) in [6, 6.07) is 25.0. The van der Waals surface area contributed by atoms with Gasteiger partial charge in [-0.2, -0.15) is 0 Å². The molecular formula is C31H26N2O5S. The van der Waals surface area contributed by atoms with E-state index in [1.54, 1.807) is 18.2 Å². The van der Waals surface area contributed by atoms with Crippen LogP contribution in [0.3, 0.4) is 0 Å². The smallest absolute Gasteiger partial charge is 0.295 e. The summed E-state index contributed by atoms with van der Waals surface area (Å²) in [5.41, 5.74) is 1.97. The SMILES string of the molecule is CN1CCOc2ccc(/C(O)=C3/C(=O)C(=O)N(Cc4cccs4)C3c3cccc(Oc4ccccc4)c3)cc21. The van der Waals surface area contributed by atoms with Gasteiger partial charge in [0.15, 0.2) is 0 Å². The fraction of sp³-hybridized carbons (Fsp3) is 0.161. The molecule has 1 amide bonds. The summed E-state index contributed by atoms with van der Waals surface area (Å²) in [4.78, 5) is 31.4. The summed E-state index contributed by atoms with van der Waals surface area (Å²) in [6.07, 6.45) is 0. The minimum absolute atomic E-state index is 0.0488. The lowest BCUT2D eigenvalue weighted by molar-refractivity contribution is -0.140. The third kappa shape index (κ3) is 4.75. The van der Waals surface area contributed by atoms with Crippen LogP contribution in [0.4, 0.5) is 5.69 Å². The van der Waals surface area contributed by atoms with Crippen molar-refractivity contribution in [3.05, 3.63) is 112 Å². The highest BCUT2D eigenvalue weighted by atomic mass is 32.1. The first-order valence-electron chi connectivity index (χ1n) is 12.6. The van der Waals surface area contributed by atoms with E-state index >= 15 is 0 Å². The highest BCUT2D eigenvalue weighted by Gasteiger charge is 2.46. The van der Waals surface area contributed by atoms with Crippen molar-refractivity contribution in [3.63, 3.8) is 0 Å². The standard InChI is InChI=1S/C31H26N2O5S/c1-32-14-15-37-26-13-12-21(18-25(26)32)29(34)27-28(33(31(36)30(27)35)19-24-11-6-16-39-24)20-7-5-10-23(17-20)38-22-8-3-2-4-9-22/h2-13,16-18,28,34H,14-15,19H2,1H3/b29-27-. The number of aliphatic hydroxyl groups is 1. The van der Waals surface area contributed by atoms with Gasteiger partial charge in [-0.05, 0) is 59.5 Å². The van der Waals surface area contributed by atoms with E-state index in [-0.39, 0.29) is 17.9 Å². The quantitative estimate of drug-likeness (QED) is 0.185. The molecule has 0 radical (unpaired) electrons. The molecule has 1 atom stereocenters. The maximum absolute atomic E-state index is 13.5. The van der Waals surface area contributed by atoms with E-state index in [4.69, 9.17) is 9.47 Å². The predicted molar refractivity (Wildman–Crippen MR) is 150 cm³/mol. The second kappa shape index (κ2) is 10.3. The van der Waals surface area contributed by atoms with Gasteiger partial charge < -0.3 is 24.4 Å². The lowest BCUT2D eigenvalue weighted by Crippen LogP contribution is -2.29. The Kier molecular flexibility index (Phi) is 6.54. The Labute approximate surface area is 230 Å². The van der Waals surface area contributed by atoms with Gasteiger partial charge in [-0.15, -0.1) is 11.3 Å². The molecule has 2 aliphatic rings. The van der Waals surface area contributed by atoms with Crippen molar-refractivity contribution in [1.82, 2.24) is 4.90 Å². The first kappa shape index (κ1) is 24.8. The van der Waals surface area contributed by atoms with E-state index < -0.39 is 17.7 Å². The number of anilines is 1. The number of hydrogen-bond donors (Lipinski definition) is 1. The minimum atomic E-state index is -0.795. The largest absolute Gasteiger partial charge is 0.507 e. The molecule has 7 nitrogen and oxygen atoms in total. The number of aliphatic hydroxyl groups excluding tert-OH is 1. The zero-order valence-electron chi connectivity index (χ0n) is 21.2. The van der Waals surface area contributed by atoms with E-state index in [1.807, 2.05) is 84.1 Å². The number of Topliss-reactive ketones (excluding diaryl/α,β-unsaturated/α-hetero) is 1. The topological polar surface area (TPSA) is 79.3 Å². The molecule has 3 heterocycles. The highest BCUT2D eigenvalue weighted by Crippen LogP contribution is 2.43. The molecule has 0 spiro atoms. The average Bonchev–Trinajstić information content (AvgIpc) is 3.56. The number of likely N-dealkylation sites (tertiary alicyclic amines) is 1. The Bertz CT molecular complexity index is 1570.